The lowest BCUT2D eigenvalue weighted by atomic mass is 9.95. The molecule has 1 fully saturated rings. The zero-order valence-corrected chi connectivity index (χ0v) is 19.6. The van der Waals surface area contributed by atoms with Crippen LogP contribution in [0.4, 0.5) is 0 Å². The van der Waals surface area contributed by atoms with Crippen LogP contribution >= 0.6 is 23.4 Å². The summed E-state index contributed by atoms with van der Waals surface area (Å²) in [6, 6.07) is 9.75. The van der Waals surface area contributed by atoms with Gasteiger partial charge in [-0.3, -0.25) is 14.4 Å². The van der Waals surface area contributed by atoms with E-state index in [1.165, 1.54) is 0 Å². The monoisotopic (exact) mass is 477 g/mol. The number of amides is 3. The smallest absolute Gasteiger partial charge is 0.253 e. The lowest BCUT2D eigenvalue weighted by Crippen LogP contribution is -2.52. The van der Waals surface area contributed by atoms with E-state index in [9.17, 15) is 14.4 Å². The molecule has 2 aromatic rings. The number of rotatable bonds is 9. The van der Waals surface area contributed by atoms with Crippen LogP contribution in [-0.4, -0.2) is 53.8 Å². The molecule has 1 aliphatic heterocycles. The van der Waals surface area contributed by atoms with E-state index >= 15 is 0 Å². The summed E-state index contributed by atoms with van der Waals surface area (Å²) in [6.07, 6.45) is 5.24. The van der Waals surface area contributed by atoms with Crippen molar-refractivity contribution in [3.05, 3.63) is 59.0 Å². The van der Waals surface area contributed by atoms with E-state index in [1.54, 1.807) is 53.3 Å². The highest BCUT2D eigenvalue weighted by Crippen LogP contribution is 2.20. The molecular weight excluding hydrogens is 450 g/mol. The first kappa shape index (κ1) is 24.2. The van der Waals surface area contributed by atoms with Crippen molar-refractivity contribution in [2.24, 2.45) is 5.92 Å². The number of benzene rings is 1. The molecule has 172 valence electrons. The van der Waals surface area contributed by atoms with Crippen molar-refractivity contribution in [2.45, 2.75) is 31.8 Å². The van der Waals surface area contributed by atoms with Gasteiger partial charge in [-0.05, 0) is 55.5 Å². The topological polar surface area (TPSA) is 91.7 Å². The number of furan rings is 1. The highest BCUT2D eigenvalue weighted by atomic mass is 35.5. The maximum absolute atomic E-state index is 13.2. The van der Waals surface area contributed by atoms with Crippen molar-refractivity contribution in [3.8, 4) is 0 Å². The average Bonchev–Trinajstić information content (AvgIpc) is 3.33. The summed E-state index contributed by atoms with van der Waals surface area (Å²) in [7, 11) is 0. The predicted octanol–water partition coefficient (Wildman–Crippen LogP) is 3.34. The summed E-state index contributed by atoms with van der Waals surface area (Å²) in [5.74, 6) is 0.800. The van der Waals surface area contributed by atoms with Crippen molar-refractivity contribution in [2.75, 3.05) is 25.1 Å². The molecule has 1 aliphatic rings. The van der Waals surface area contributed by atoms with E-state index in [1.807, 2.05) is 12.3 Å². The number of carbonyl (C=O) groups excluding carboxylic acids is 3. The second-order valence-corrected chi connectivity index (χ2v) is 9.08. The molecule has 1 unspecified atom stereocenters. The molecule has 0 spiro atoms. The van der Waals surface area contributed by atoms with Gasteiger partial charge in [0.05, 0.1) is 23.4 Å². The van der Waals surface area contributed by atoms with E-state index in [2.05, 4.69) is 10.6 Å². The average molecular weight is 478 g/mol. The fourth-order valence-corrected chi connectivity index (χ4v) is 4.38. The molecule has 0 bridgehead atoms. The van der Waals surface area contributed by atoms with E-state index in [-0.39, 0.29) is 23.6 Å². The third-order valence-corrected chi connectivity index (χ3v) is 6.50. The molecule has 0 radical (unpaired) electrons. The summed E-state index contributed by atoms with van der Waals surface area (Å²) in [4.78, 5) is 40.1. The molecule has 32 heavy (non-hydrogen) atoms. The standard InChI is InChI=1S/C23H28ClN3O4S/c1-32-14-10-20(26-22(29)18-6-2-3-7-19(18)24)23(30)27-11-8-16(9-12-27)21(28)25-15-17-5-4-13-31-17/h2-7,13,16,20H,8-12,14-15H2,1H3,(H,25,28)(H,26,29). The van der Waals surface area contributed by atoms with Crippen molar-refractivity contribution in [1.29, 1.82) is 0 Å². The highest BCUT2D eigenvalue weighted by molar-refractivity contribution is 7.98. The molecule has 1 atom stereocenters. The molecule has 2 heterocycles. The van der Waals surface area contributed by atoms with Crippen LogP contribution in [0.1, 0.15) is 35.4 Å². The minimum Gasteiger partial charge on any atom is -0.467 e. The fourth-order valence-electron chi connectivity index (χ4n) is 3.69. The van der Waals surface area contributed by atoms with Crippen LogP contribution in [0.2, 0.25) is 5.02 Å². The van der Waals surface area contributed by atoms with Gasteiger partial charge in [0.25, 0.3) is 5.91 Å². The summed E-state index contributed by atoms with van der Waals surface area (Å²) in [6.45, 7) is 1.32. The second kappa shape index (κ2) is 12.0. The molecular formula is C23H28ClN3O4S. The first-order chi connectivity index (χ1) is 15.5. The Balaban J connectivity index is 1.54. The normalized spacial score (nSPS) is 15.2. The number of hydrogen-bond donors (Lipinski definition) is 2. The Morgan fingerprint density at radius 1 is 1.19 bits per heavy atom. The molecule has 1 aromatic heterocycles. The van der Waals surface area contributed by atoms with E-state index in [0.717, 1.165) is 5.75 Å². The molecule has 0 saturated carbocycles. The fraction of sp³-hybridized carbons (Fsp3) is 0.435. The Morgan fingerprint density at radius 3 is 2.59 bits per heavy atom. The molecule has 0 aliphatic carbocycles. The van der Waals surface area contributed by atoms with E-state index < -0.39 is 6.04 Å². The molecule has 1 aromatic carbocycles. The van der Waals surface area contributed by atoms with Crippen molar-refractivity contribution in [3.63, 3.8) is 0 Å². The maximum atomic E-state index is 13.2. The third-order valence-electron chi connectivity index (χ3n) is 5.53. The van der Waals surface area contributed by atoms with Gasteiger partial charge >= 0.3 is 0 Å². The second-order valence-electron chi connectivity index (χ2n) is 7.68. The Labute approximate surface area is 197 Å². The Hall–Kier alpha value is -2.45. The van der Waals surface area contributed by atoms with Crippen LogP contribution in [0.15, 0.2) is 47.1 Å². The van der Waals surface area contributed by atoms with Gasteiger partial charge in [0, 0.05) is 19.0 Å². The molecule has 7 nitrogen and oxygen atoms in total. The minimum atomic E-state index is -0.629. The number of nitrogens with zero attached hydrogens (tertiary/aromatic N) is 1. The summed E-state index contributed by atoms with van der Waals surface area (Å²) in [5, 5.41) is 6.10. The first-order valence-corrected chi connectivity index (χ1v) is 12.4. The quantitative estimate of drug-likeness (QED) is 0.578. The zero-order valence-electron chi connectivity index (χ0n) is 18.0. The highest BCUT2D eigenvalue weighted by Gasteiger charge is 2.31. The van der Waals surface area contributed by atoms with Crippen molar-refractivity contribution in [1.82, 2.24) is 15.5 Å². The van der Waals surface area contributed by atoms with Crippen LogP contribution in [-0.2, 0) is 16.1 Å². The summed E-state index contributed by atoms with van der Waals surface area (Å²) < 4.78 is 5.24. The van der Waals surface area contributed by atoms with Crippen LogP contribution in [0.25, 0.3) is 0 Å². The Morgan fingerprint density at radius 2 is 1.94 bits per heavy atom. The Kier molecular flexibility index (Phi) is 9.05. The number of hydrogen-bond acceptors (Lipinski definition) is 5. The van der Waals surface area contributed by atoms with Crippen LogP contribution < -0.4 is 10.6 Å². The van der Waals surface area contributed by atoms with Gasteiger partial charge in [-0.1, -0.05) is 23.7 Å². The number of thioether (sulfide) groups is 1. The number of likely N-dealkylation sites (tertiary alicyclic amines) is 1. The van der Waals surface area contributed by atoms with Gasteiger partial charge in [0.2, 0.25) is 11.8 Å². The largest absolute Gasteiger partial charge is 0.467 e. The van der Waals surface area contributed by atoms with Gasteiger partial charge < -0.3 is 20.0 Å². The van der Waals surface area contributed by atoms with E-state index in [4.69, 9.17) is 16.0 Å². The predicted molar refractivity (Wildman–Crippen MR) is 126 cm³/mol. The first-order valence-electron chi connectivity index (χ1n) is 10.6. The van der Waals surface area contributed by atoms with Crippen molar-refractivity contribution < 1.29 is 18.8 Å². The van der Waals surface area contributed by atoms with Crippen molar-refractivity contribution >= 4 is 41.1 Å². The van der Waals surface area contributed by atoms with Gasteiger partial charge in [0.1, 0.15) is 11.8 Å². The van der Waals surface area contributed by atoms with Gasteiger partial charge in [-0.2, -0.15) is 11.8 Å². The van der Waals surface area contributed by atoms with Crippen LogP contribution in [0.5, 0.6) is 0 Å². The SMILES string of the molecule is CSCCC(NC(=O)c1ccccc1Cl)C(=O)N1CCC(C(=O)NCc2ccco2)CC1. The molecule has 3 amide bonds. The number of piperidine rings is 1. The zero-order chi connectivity index (χ0) is 22.9. The number of halogens is 1. The Bertz CT molecular complexity index is 914. The molecule has 3 rings (SSSR count). The number of carbonyl (C=O) groups is 3. The molecule has 2 N–H and O–H groups in total. The van der Waals surface area contributed by atoms with Gasteiger partial charge in [-0.15, -0.1) is 0 Å². The number of nitrogens with one attached hydrogen (secondary N) is 2. The van der Waals surface area contributed by atoms with Gasteiger partial charge in [-0.25, -0.2) is 0 Å². The summed E-state index contributed by atoms with van der Waals surface area (Å²) in [5.41, 5.74) is 0.350. The van der Waals surface area contributed by atoms with Gasteiger partial charge in [0.15, 0.2) is 0 Å². The lowest BCUT2D eigenvalue weighted by Gasteiger charge is -2.34. The van der Waals surface area contributed by atoms with Crippen LogP contribution in [0, 0.1) is 5.92 Å². The summed E-state index contributed by atoms with van der Waals surface area (Å²) >= 11 is 7.76. The molecule has 1 saturated heterocycles. The third kappa shape index (κ3) is 6.53. The minimum absolute atomic E-state index is 0.0283. The van der Waals surface area contributed by atoms with Crippen LogP contribution in [0.3, 0.4) is 0 Å². The molecule has 9 heteroatoms. The maximum Gasteiger partial charge on any atom is 0.253 e. The lowest BCUT2D eigenvalue weighted by molar-refractivity contribution is -0.137. The van der Waals surface area contributed by atoms with E-state index in [0.29, 0.717) is 55.2 Å².